The van der Waals surface area contributed by atoms with Crippen molar-refractivity contribution in [3.63, 3.8) is 0 Å². The van der Waals surface area contributed by atoms with Crippen LogP contribution in [0.15, 0.2) is 48.5 Å². The SMILES string of the molecule is CC[C@@H](NC(=O)[C@@H](C)N(c1cc(Cl)ccc1C)S(C)(=O)=O)c1ccccc1. The number of anilines is 1. The molecule has 0 spiro atoms. The van der Waals surface area contributed by atoms with Crippen molar-refractivity contribution in [2.75, 3.05) is 10.6 Å². The first-order valence-electron chi connectivity index (χ1n) is 8.76. The molecule has 2 rings (SSSR count). The number of nitrogens with zero attached hydrogens (tertiary/aromatic N) is 1. The maximum absolute atomic E-state index is 12.9. The van der Waals surface area contributed by atoms with Crippen LogP contribution in [0.25, 0.3) is 0 Å². The summed E-state index contributed by atoms with van der Waals surface area (Å²) in [6, 6.07) is 13.5. The lowest BCUT2D eigenvalue weighted by atomic mass is 10.0. The van der Waals surface area contributed by atoms with Gasteiger partial charge in [-0.15, -0.1) is 0 Å². The number of aryl methyl sites for hydroxylation is 1. The third-order valence-corrected chi connectivity index (χ3v) is 5.89. The van der Waals surface area contributed by atoms with Gasteiger partial charge in [0.1, 0.15) is 6.04 Å². The molecule has 0 aliphatic heterocycles. The Morgan fingerprint density at radius 1 is 1.19 bits per heavy atom. The van der Waals surface area contributed by atoms with Crippen LogP contribution < -0.4 is 9.62 Å². The van der Waals surface area contributed by atoms with Crippen LogP contribution in [0.5, 0.6) is 0 Å². The monoisotopic (exact) mass is 408 g/mol. The van der Waals surface area contributed by atoms with Gasteiger partial charge in [-0.1, -0.05) is 54.9 Å². The van der Waals surface area contributed by atoms with E-state index in [2.05, 4.69) is 5.32 Å². The van der Waals surface area contributed by atoms with Gasteiger partial charge < -0.3 is 5.32 Å². The molecule has 1 amide bonds. The molecule has 0 unspecified atom stereocenters. The molecule has 7 heteroatoms. The third kappa shape index (κ3) is 5.23. The zero-order valence-electron chi connectivity index (χ0n) is 15.9. The van der Waals surface area contributed by atoms with Crippen molar-refractivity contribution < 1.29 is 13.2 Å². The molecule has 0 saturated heterocycles. The second kappa shape index (κ2) is 8.76. The van der Waals surface area contributed by atoms with E-state index < -0.39 is 16.1 Å². The number of hydrogen-bond acceptors (Lipinski definition) is 3. The molecular weight excluding hydrogens is 384 g/mol. The van der Waals surface area contributed by atoms with Crippen molar-refractivity contribution in [3.8, 4) is 0 Å². The van der Waals surface area contributed by atoms with Gasteiger partial charge in [0.25, 0.3) is 0 Å². The Morgan fingerprint density at radius 3 is 2.37 bits per heavy atom. The first-order valence-corrected chi connectivity index (χ1v) is 11.0. The topological polar surface area (TPSA) is 66.5 Å². The van der Waals surface area contributed by atoms with E-state index in [1.807, 2.05) is 37.3 Å². The van der Waals surface area contributed by atoms with E-state index in [4.69, 9.17) is 11.6 Å². The minimum Gasteiger partial charge on any atom is -0.347 e. The van der Waals surface area contributed by atoms with E-state index in [1.54, 1.807) is 32.0 Å². The Hall–Kier alpha value is -2.05. The summed E-state index contributed by atoms with van der Waals surface area (Å²) in [4.78, 5) is 12.9. The maximum Gasteiger partial charge on any atom is 0.244 e. The summed E-state index contributed by atoms with van der Waals surface area (Å²) in [7, 11) is -3.69. The van der Waals surface area contributed by atoms with Crippen molar-refractivity contribution in [3.05, 3.63) is 64.7 Å². The second-order valence-corrected chi connectivity index (χ2v) is 8.84. The number of sulfonamides is 1. The number of carbonyl (C=O) groups excluding carboxylic acids is 1. The molecular formula is C20H25ClN2O3S. The average molecular weight is 409 g/mol. The Bertz CT molecular complexity index is 901. The first-order chi connectivity index (χ1) is 12.6. The Morgan fingerprint density at radius 2 is 1.81 bits per heavy atom. The predicted octanol–water partition coefficient (Wildman–Crippen LogP) is 4.07. The molecule has 0 fully saturated rings. The van der Waals surface area contributed by atoms with Gasteiger partial charge in [-0.2, -0.15) is 0 Å². The van der Waals surface area contributed by atoms with E-state index in [1.165, 1.54) is 0 Å². The molecule has 2 aromatic carbocycles. The number of benzene rings is 2. The number of amides is 1. The summed E-state index contributed by atoms with van der Waals surface area (Å²) in [5.74, 6) is -0.365. The molecule has 5 nitrogen and oxygen atoms in total. The van der Waals surface area contributed by atoms with Crippen molar-refractivity contribution in [2.24, 2.45) is 0 Å². The summed E-state index contributed by atoms with van der Waals surface area (Å²) in [5, 5.41) is 3.37. The van der Waals surface area contributed by atoms with Crippen LogP contribution in [0.4, 0.5) is 5.69 Å². The van der Waals surface area contributed by atoms with Gasteiger partial charge in [0.2, 0.25) is 15.9 Å². The fourth-order valence-electron chi connectivity index (χ4n) is 3.00. The number of hydrogen-bond donors (Lipinski definition) is 1. The fourth-order valence-corrected chi connectivity index (χ4v) is 4.39. The Balaban J connectivity index is 2.34. The van der Waals surface area contributed by atoms with Gasteiger partial charge in [-0.05, 0) is 43.5 Å². The Kier molecular flexibility index (Phi) is 6.89. The second-order valence-electron chi connectivity index (χ2n) is 6.55. The lowest BCUT2D eigenvalue weighted by molar-refractivity contribution is -0.122. The van der Waals surface area contributed by atoms with Crippen LogP contribution in [-0.2, 0) is 14.8 Å². The maximum atomic E-state index is 12.9. The molecule has 0 radical (unpaired) electrons. The van der Waals surface area contributed by atoms with Crippen LogP contribution in [0.3, 0.4) is 0 Å². The fraction of sp³-hybridized carbons (Fsp3) is 0.350. The summed E-state index contributed by atoms with van der Waals surface area (Å²) < 4.78 is 26.1. The van der Waals surface area contributed by atoms with E-state index in [0.717, 1.165) is 21.7 Å². The first kappa shape index (κ1) is 21.3. The van der Waals surface area contributed by atoms with Crippen molar-refractivity contribution in [1.82, 2.24) is 5.32 Å². The molecule has 2 aromatic rings. The number of halogens is 1. The number of rotatable bonds is 7. The van der Waals surface area contributed by atoms with Crippen LogP contribution in [0.2, 0.25) is 5.02 Å². The highest BCUT2D eigenvalue weighted by Crippen LogP contribution is 2.28. The summed E-state index contributed by atoms with van der Waals surface area (Å²) >= 11 is 6.06. The molecule has 0 aliphatic rings. The van der Waals surface area contributed by atoms with Crippen molar-refractivity contribution in [2.45, 2.75) is 39.3 Å². The lowest BCUT2D eigenvalue weighted by Gasteiger charge is -2.31. The van der Waals surface area contributed by atoms with Gasteiger partial charge in [0, 0.05) is 5.02 Å². The molecule has 1 N–H and O–H groups in total. The number of carbonyl (C=O) groups is 1. The van der Waals surface area contributed by atoms with Crippen molar-refractivity contribution in [1.29, 1.82) is 0 Å². The van der Waals surface area contributed by atoms with E-state index in [-0.39, 0.29) is 11.9 Å². The molecule has 27 heavy (non-hydrogen) atoms. The summed E-state index contributed by atoms with van der Waals surface area (Å²) in [5.41, 5.74) is 2.10. The van der Waals surface area contributed by atoms with Crippen LogP contribution in [-0.4, -0.2) is 26.6 Å². The Labute approximate surface area is 166 Å². The average Bonchev–Trinajstić information content (AvgIpc) is 2.62. The van der Waals surface area contributed by atoms with Crippen LogP contribution >= 0.6 is 11.6 Å². The highest BCUT2D eigenvalue weighted by molar-refractivity contribution is 7.92. The normalized spacial score (nSPS) is 13.7. The predicted molar refractivity (Wildman–Crippen MR) is 111 cm³/mol. The standard InChI is InChI=1S/C20H25ClN2O3S/c1-5-18(16-9-7-6-8-10-16)22-20(24)15(3)23(27(4,25)26)19-13-17(21)12-11-14(19)2/h6-13,15,18H,5H2,1-4H3,(H,22,24)/t15-,18-/m1/s1. The largest absolute Gasteiger partial charge is 0.347 e. The van der Waals surface area contributed by atoms with Gasteiger partial charge in [0.15, 0.2) is 0 Å². The van der Waals surface area contributed by atoms with Gasteiger partial charge in [-0.3, -0.25) is 9.10 Å². The smallest absolute Gasteiger partial charge is 0.244 e. The third-order valence-electron chi connectivity index (χ3n) is 4.42. The van der Waals surface area contributed by atoms with E-state index in [9.17, 15) is 13.2 Å². The van der Waals surface area contributed by atoms with Gasteiger partial charge in [0.05, 0.1) is 18.0 Å². The van der Waals surface area contributed by atoms with E-state index >= 15 is 0 Å². The number of nitrogens with one attached hydrogen (secondary N) is 1. The molecule has 0 saturated carbocycles. The highest BCUT2D eigenvalue weighted by Gasteiger charge is 2.31. The van der Waals surface area contributed by atoms with Crippen LogP contribution in [0.1, 0.15) is 37.4 Å². The highest BCUT2D eigenvalue weighted by atomic mass is 35.5. The zero-order valence-corrected chi connectivity index (χ0v) is 17.5. The molecule has 0 aliphatic carbocycles. The molecule has 0 bridgehead atoms. The molecule has 0 aromatic heterocycles. The summed E-state index contributed by atoms with van der Waals surface area (Å²) in [6.07, 6.45) is 1.78. The zero-order chi connectivity index (χ0) is 20.2. The van der Waals surface area contributed by atoms with E-state index in [0.29, 0.717) is 17.1 Å². The summed E-state index contributed by atoms with van der Waals surface area (Å²) in [6.45, 7) is 5.33. The minimum absolute atomic E-state index is 0.192. The quantitative estimate of drug-likeness (QED) is 0.750. The minimum atomic E-state index is -3.69. The van der Waals surface area contributed by atoms with Crippen molar-refractivity contribution >= 4 is 33.2 Å². The lowest BCUT2D eigenvalue weighted by Crippen LogP contribution is -2.48. The van der Waals surface area contributed by atoms with Crippen LogP contribution in [0, 0.1) is 6.92 Å². The van der Waals surface area contributed by atoms with Gasteiger partial charge in [-0.25, -0.2) is 8.42 Å². The van der Waals surface area contributed by atoms with Gasteiger partial charge >= 0.3 is 0 Å². The molecule has 2 atom stereocenters. The molecule has 0 heterocycles. The molecule has 146 valence electrons.